The van der Waals surface area contributed by atoms with E-state index in [1.165, 1.54) is 11.5 Å². The fourth-order valence-corrected chi connectivity index (χ4v) is 1.71. The average molecular weight is 280 g/mol. The van der Waals surface area contributed by atoms with Gasteiger partial charge in [0.1, 0.15) is 18.9 Å². The van der Waals surface area contributed by atoms with E-state index in [1.54, 1.807) is 24.3 Å². The number of aromatic nitrogens is 3. The third-order valence-corrected chi connectivity index (χ3v) is 2.59. The Kier molecular flexibility index (Phi) is 4.26. The van der Waals surface area contributed by atoms with Gasteiger partial charge in [-0.05, 0) is 6.07 Å². The van der Waals surface area contributed by atoms with Gasteiger partial charge in [-0.25, -0.2) is 4.79 Å². The van der Waals surface area contributed by atoms with Gasteiger partial charge < -0.3 is 9.47 Å². The number of carbonyl (C=O) groups excluding carboxylic acids is 1. The Morgan fingerprint density at radius 1 is 1.35 bits per heavy atom. The van der Waals surface area contributed by atoms with Crippen molar-refractivity contribution in [3.8, 4) is 0 Å². The lowest BCUT2D eigenvalue weighted by Crippen LogP contribution is -2.37. The molecule has 0 spiro atoms. The van der Waals surface area contributed by atoms with Crippen LogP contribution in [0.1, 0.15) is 6.92 Å². The zero-order chi connectivity index (χ0) is 14.5. The van der Waals surface area contributed by atoms with Gasteiger partial charge in [0.25, 0.3) is 0 Å². The lowest BCUT2D eigenvalue weighted by Gasteiger charge is -2.07. The Hall–Kier alpha value is -2.48. The highest BCUT2D eigenvalue weighted by Gasteiger charge is 2.13. The number of hydrogen-bond acceptors (Lipinski definition) is 5. The molecule has 2 rings (SSSR count). The molecule has 0 aliphatic carbocycles. The van der Waals surface area contributed by atoms with Crippen LogP contribution in [-0.2, 0) is 21.0 Å². The van der Waals surface area contributed by atoms with Crippen molar-refractivity contribution in [1.82, 2.24) is 9.67 Å². The summed E-state index contributed by atoms with van der Waals surface area (Å²) in [5.41, 5.74) is 0.209. The predicted molar refractivity (Wildman–Crippen MR) is 68.5 cm³/mol. The molecule has 2 aromatic rings. The Balaban J connectivity index is 2.16. The zero-order valence-electron chi connectivity index (χ0n) is 10.9. The van der Waals surface area contributed by atoms with Crippen molar-refractivity contribution in [2.45, 2.75) is 13.7 Å². The number of H-pyrrole nitrogens is 1. The predicted octanol–water partition coefficient (Wildman–Crippen LogP) is -0.219. The molecule has 0 bridgehead atoms. The molecule has 20 heavy (non-hydrogen) atoms. The first-order chi connectivity index (χ1) is 9.59. The SMILES string of the molecule is CC(=O)OCCOCn1c(=O)[nH][n+](=O)c2ccccc21. The molecule has 0 atom stereocenters. The van der Waals surface area contributed by atoms with Gasteiger partial charge >= 0.3 is 17.2 Å². The van der Waals surface area contributed by atoms with Crippen LogP contribution in [-0.4, -0.2) is 28.8 Å². The molecule has 1 aromatic heterocycles. The first-order valence-corrected chi connectivity index (χ1v) is 5.95. The number of aromatic amines is 1. The highest BCUT2D eigenvalue weighted by Crippen LogP contribution is 2.05. The van der Waals surface area contributed by atoms with Gasteiger partial charge in [-0.2, -0.15) is 0 Å². The summed E-state index contributed by atoms with van der Waals surface area (Å²) in [7, 11) is 0. The van der Waals surface area contributed by atoms with Gasteiger partial charge in [-0.15, -0.1) is 0 Å². The van der Waals surface area contributed by atoms with E-state index in [9.17, 15) is 14.5 Å². The smallest absolute Gasteiger partial charge is 0.381 e. The molecule has 1 N–H and O–H groups in total. The van der Waals surface area contributed by atoms with E-state index in [-0.39, 0.29) is 19.9 Å². The molecular formula is C12H14N3O5+. The molecule has 8 nitrogen and oxygen atoms in total. The topological polar surface area (TPSA) is 96.3 Å². The highest BCUT2D eigenvalue weighted by molar-refractivity contribution is 5.70. The average Bonchev–Trinajstić information content (AvgIpc) is 2.41. The number of carbonyl (C=O) groups is 1. The van der Waals surface area contributed by atoms with Gasteiger partial charge in [0.2, 0.25) is 0 Å². The number of hydrogen-bond donors (Lipinski definition) is 1. The van der Waals surface area contributed by atoms with E-state index in [0.717, 1.165) is 0 Å². The first-order valence-electron chi connectivity index (χ1n) is 5.95. The highest BCUT2D eigenvalue weighted by atomic mass is 16.6. The van der Waals surface area contributed by atoms with Crippen LogP contribution < -0.4 is 10.2 Å². The normalized spacial score (nSPS) is 10.7. The molecule has 0 fully saturated rings. The van der Waals surface area contributed by atoms with Crippen molar-refractivity contribution in [3.63, 3.8) is 0 Å². The molecule has 0 saturated heterocycles. The Bertz CT molecular complexity index is 734. The molecule has 1 heterocycles. The second kappa shape index (κ2) is 6.11. The third kappa shape index (κ3) is 3.09. The van der Waals surface area contributed by atoms with Crippen LogP contribution in [0.15, 0.2) is 29.1 Å². The fourth-order valence-electron chi connectivity index (χ4n) is 1.71. The third-order valence-electron chi connectivity index (χ3n) is 2.59. The lowest BCUT2D eigenvalue weighted by atomic mass is 10.3. The van der Waals surface area contributed by atoms with Gasteiger partial charge in [-0.1, -0.05) is 17.2 Å². The minimum Gasteiger partial charge on any atom is -0.463 e. The Labute approximate surface area is 113 Å². The standard InChI is InChI=1S/C12H13N3O5/c1-9(16)20-7-6-19-8-14-10-4-2-3-5-11(10)15(18)13-12(14)17/h2-5H,6-8H2,1H3/p+1. The summed E-state index contributed by atoms with van der Waals surface area (Å²) in [6, 6.07) is 6.65. The van der Waals surface area contributed by atoms with Crippen molar-refractivity contribution in [2.24, 2.45) is 0 Å². The number of nitrogens with one attached hydrogen (secondary N) is 1. The molecule has 8 heteroatoms. The quantitative estimate of drug-likeness (QED) is 0.464. The van der Waals surface area contributed by atoms with Crippen molar-refractivity contribution in [2.75, 3.05) is 13.2 Å². The zero-order valence-corrected chi connectivity index (χ0v) is 10.9. The van der Waals surface area contributed by atoms with Crippen molar-refractivity contribution >= 4 is 17.0 Å². The summed E-state index contributed by atoms with van der Waals surface area (Å²) in [6.45, 7) is 1.53. The monoisotopic (exact) mass is 280 g/mol. The fraction of sp³-hybridized carbons (Fsp3) is 0.333. The first kappa shape index (κ1) is 13.9. The van der Waals surface area contributed by atoms with Gasteiger partial charge in [-0.3, -0.25) is 9.36 Å². The van der Waals surface area contributed by atoms with E-state index in [1.807, 2.05) is 0 Å². The minimum absolute atomic E-state index is 0.0437. The van der Waals surface area contributed by atoms with Gasteiger partial charge in [0.15, 0.2) is 4.54 Å². The molecule has 0 radical (unpaired) electrons. The van der Waals surface area contributed by atoms with E-state index in [4.69, 9.17) is 9.47 Å². The molecule has 1 aromatic carbocycles. The lowest BCUT2D eigenvalue weighted by molar-refractivity contribution is -0.539. The van der Waals surface area contributed by atoms with Crippen LogP contribution in [0.25, 0.3) is 11.0 Å². The number of para-hydroxylation sites is 2. The summed E-state index contributed by atoms with van der Waals surface area (Å²) in [6.07, 6.45) is 0. The van der Waals surface area contributed by atoms with Crippen LogP contribution in [0, 0.1) is 4.91 Å². The number of nitrogens with zero attached hydrogens (tertiary/aromatic N) is 2. The van der Waals surface area contributed by atoms with E-state index >= 15 is 0 Å². The molecule has 0 unspecified atom stereocenters. The largest absolute Gasteiger partial charge is 0.463 e. The van der Waals surface area contributed by atoms with Crippen molar-refractivity contribution in [3.05, 3.63) is 39.7 Å². The van der Waals surface area contributed by atoms with Crippen molar-refractivity contribution in [1.29, 1.82) is 0 Å². The number of fused-ring (bicyclic) bond motifs is 1. The maximum atomic E-state index is 11.7. The number of benzene rings is 1. The van der Waals surface area contributed by atoms with E-state index in [0.29, 0.717) is 15.6 Å². The molecule has 0 aliphatic heterocycles. The maximum absolute atomic E-state index is 11.7. The molecule has 106 valence electrons. The van der Waals surface area contributed by atoms with Crippen LogP contribution in [0.5, 0.6) is 0 Å². The van der Waals surface area contributed by atoms with Crippen LogP contribution in [0.3, 0.4) is 0 Å². The second-order valence-electron chi connectivity index (χ2n) is 4.01. The van der Waals surface area contributed by atoms with Crippen LogP contribution in [0.2, 0.25) is 0 Å². The van der Waals surface area contributed by atoms with Gasteiger partial charge in [0, 0.05) is 13.0 Å². The summed E-state index contributed by atoms with van der Waals surface area (Å²) in [5.74, 6) is -0.392. The minimum atomic E-state index is -0.578. The summed E-state index contributed by atoms with van der Waals surface area (Å²) >= 11 is 0. The molecule has 0 saturated carbocycles. The van der Waals surface area contributed by atoms with Crippen LogP contribution in [0.4, 0.5) is 0 Å². The van der Waals surface area contributed by atoms with Crippen LogP contribution >= 0.6 is 0 Å². The van der Waals surface area contributed by atoms with Gasteiger partial charge in [0.05, 0.1) is 11.5 Å². The number of ether oxygens (including phenoxy) is 2. The van der Waals surface area contributed by atoms with Crippen molar-refractivity contribution < 1.29 is 18.8 Å². The number of rotatable bonds is 5. The molecule has 0 aliphatic rings. The Morgan fingerprint density at radius 2 is 2.10 bits per heavy atom. The maximum Gasteiger partial charge on any atom is 0.381 e. The second-order valence-corrected chi connectivity index (χ2v) is 4.01. The van der Waals surface area contributed by atoms with E-state index < -0.39 is 11.7 Å². The number of esters is 1. The van der Waals surface area contributed by atoms with E-state index in [2.05, 4.69) is 5.10 Å². The molecular weight excluding hydrogens is 266 g/mol. The molecule has 0 amide bonds. The summed E-state index contributed by atoms with van der Waals surface area (Å²) < 4.78 is 11.7. The Morgan fingerprint density at radius 3 is 2.85 bits per heavy atom. The summed E-state index contributed by atoms with van der Waals surface area (Å²) in [4.78, 5) is 33.9. The summed E-state index contributed by atoms with van der Waals surface area (Å²) in [5, 5.41) is 2.14.